The van der Waals surface area contributed by atoms with Gasteiger partial charge in [-0.1, -0.05) is 13.3 Å². The highest BCUT2D eigenvalue weighted by molar-refractivity contribution is 5.86. The SMILES string of the molecule is CCCCc1c(C(=O)O)nc(C)n1C. The number of rotatable bonds is 4. The zero-order valence-electron chi connectivity index (χ0n) is 8.87. The van der Waals surface area contributed by atoms with Crippen LogP contribution < -0.4 is 0 Å². The Morgan fingerprint density at radius 2 is 2.21 bits per heavy atom. The Morgan fingerprint density at radius 1 is 1.57 bits per heavy atom. The van der Waals surface area contributed by atoms with Crippen molar-refractivity contribution in [3.05, 3.63) is 17.2 Å². The molecule has 4 nitrogen and oxygen atoms in total. The zero-order valence-corrected chi connectivity index (χ0v) is 8.87. The smallest absolute Gasteiger partial charge is 0.356 e. The molecule has 0 bridgehead atoms. The number of nitrogens with zero attached hydrogens (tertiary/aromatic N) is 2. The molecule has 78 valence electrons. The first-order valence-electron chi connectivity index (χ1n) is 4.83. The third kappa shape index (κ3) is 1.95. The molecule has 0 amide bonds. The first-order chi connectivity index (χ1) is 6.57. The Morgan fingerprint density at radius 3 is 2.71 bits per heavy atom. The average molecular weight is 196 g/mol. The van der Waals surface area contributed by atoms with Gasteiger partial charge in [0.2, 0.25) is 0 Å². The lowest BCUT2D eigenvalue weighted by atomic mass is 10.1. The van der Waals surface area contributed by atoms with E-state index in [9.17, 15) is 4.79 Å². The van der Waals surface area contributed by atoms with E-state index in [1.165, 1.54) is 0 Å². The summed E-state index contributed by atoms with van der Waals surface area (Å²) in [6.45, 7) is 3.91. The van der Waals surface area contributed by atoms with E-state index in [4.69, 9.17) is 5.11 Å². The Balaban J connectivity index is 3.03. The van der Waals surface area contributed by atoms with Gasteiger partial charge in [-0.25, -0.2) is 9.78 Å². The molecule has 0 radical (unpaired) electrons. The number of hydrogen-bond donors (Lipinski definition) is 1. The van der Waals surface area contributed by atoms with Gasteiger partial charge >= 0.3 is 5.97 Å². The molecule has 0 saturated carbocycles. The third-order valence-electron chi connectivity index (χ3n) is 2.41. The van der Waals surface area contributed by atoms with Crippen molar-refractivity contribution in [2.75, 3.05) is 0 Å². The Kier molecular flexibility index (Phi) is 3.28. The summed E-state index contributed by atoms with van der Waals surface area (Å²) in [5, 5.41) is 8.93. The van der Waals surface area contributed by atoms with Gasteiger partial charge < -0.3 is 9.67 Å². The molecule has 0 fully saturated rings. The van der Waals surface area contributed by atoms with Crippen LogP contribution in [0.5, 0.6) is 0 Å². The topological polar surface area (TPSA) is 55.1 Å². The quantitative estimate of drug-likeness (QED) is 0.798. The molecule has 0 spiro atoms. The second kappa shape index (κ2) is 4.26. The van der Waals surface area contributed by atoms with Crippen molar-refractivity contribution in [2.24, 2.45) is 7.05 Å². The van der Waals surface area contributed by atoms with Crippen LogP contribution in [0.25, 0.3) is 0 Å². The molecule has 0 aromatic carbocycles. The predicted octanol–water partition coefficient (Wildman–Crippen LogP) is 1.77. The maximum Gasteiger partial charge on any atom is 0.356 e. The zero-order chi connectivity index (χ0) is 10.7. The molecule has 0 atom stereocenters. The van der Waals surface area contributed by atoms with Crippen LogP contribution in [-0.4, -0.2) is 20.6 Å². The van der Waals surface area contributed by atoms with Crippen molar-refractivity contribution in [3.8, 4) is 0 Å². The van der Waals surface area contributed by atoms with E-state index < -0.39 is 5.97 Å². The molecular weight excluding hydrogens is 180 g/mol. The lowest BCUT2D eigenvalue weighted by Gasteiger charge is -2.03. The van der Waals surface area contributed by atoms with Crippen LogP contribution in [0, 0.1) is 6.92 Å². The molecule has 0 unspecified atom stereocenters. The van der Waals surface area contributed by atoms with Gasteiger partial charge in [0.25, 0.3) is 0 Å². The molecule has 1 rings (SSSR count). The van der Waals surface area contributed by atoms with Crippen molar-refractivity contribution < 1.29 is 9.90 Å². The number of imidazole rings is 1. The van der Waals surface area contributed by atoms with Crippen LogP contribution in [0.3, 0.4) is 0 Å². The van der Waals surface area contributed by atoms with Gasteiger partial charge in [-0.15, -0.1) is 0 Å². The van der Waals surface area contributed by atoms with E-state index in [-0.39, 0.29) is 5.69 Å². The second-order valence-corrected chi connectivity index (χ2v) is 3.42. The highest BCUT2D eigenvalue weighted by atomic mass is 16.4. The summed E-state index contributed by atoms with van der Waals surface area (Å²) in [7, 11) is 1.86. The van der Waals surface area contributed by atoms with Gasteiger partial charge in [0.1, 0.15) is 5.82 Å². The van der Waals surface area contributed by atoms with Crippen molar-refractivity contribution in [1.82, 2.24) is 9.55 Å². The van der Waals surface area contributed by atoms with E-state index in [1.807, 2.05) is 18.5 Å². The first kappa shape index (κ1) is 10.8. The summed E-state index contributed by atoms with van der Waals surface area (Å²) in [4.78, 5) is 14.9. The fourth-order valence-electron chi connectivity index (χ4n) is 1.46. The summed E-state index contributed by atoms with van der Waals surface area (Å²) in [5.74, 6) is -0.173. The van der Waals surface area contributed by atoms with Crippen LogP contribution in [0.15, 0.2) is 0 Å². The molecule has 0 aliphatic heterocycles. The largest absolute Gasteiger partial charge is 0.476 e. The van der Waals surface area contributed by atoms with Crippen molar-refractivity contribution in [2.45, 2.75) is 33.1 Å². The van der Waals surface area contributed by atoms with Gasteiger partial charge in [-0.05, 0) is 19.8 Å². The summed E-state index contributed by atoms with van der Waals surface area (Å²) in [6.07, 6.45) is 2.85. The van der Waals surface area contributed by atoms with Gasteiger partial charge in [0, 0.05) is 7.05 Å². The molecular formula is C10H16N2O2. The number of carbonyl (C=O) groups is 1. The molecule has 14 heavy (non-hydrogen) atoms. The molecule has 0 saturated heterocycles. The molecule has 1 aromatic rings. The predicted molar refractivity (Wildman–Crippen MR) is 53.5 cm³/mol. The Hall–Kier alpha value is -1.32. The van der Waals surface area contributed by atoms with Crippen molar-refractivity contribution in [3.63, 3.8) is 0 Å². The highest BCUT2D eigenvalue weighted by Crippen LogP contribution is 2.13. The van der Waals surface area contributed by atoms with Crippen LogP contribution in [0.4, 0.5) is 0 Å². The summed E-state index contributed by atoms with van der Waals surface area (Å²) in [6, 6.07) is 0. The Labute approximate surface area is 83.6 Å². The first-order valence-corrected chi connectivity index (χ1v) is 4.83. The van der Waals surface area contributed by atoms with Crippen LogP contribution in [0.1, 0.15) is 41.8 Å². The lowest BCUT2D eigenvalue weighted by molar-refractivity contribution is 0.0689. The van der Waals surface area contributed by atoms with Crippen molar-refractivity contribution >= 4 is 5.97 Å². The molecule has 0 aliphatic carbocycles. The molecule has 1 aromatic heterocycles. The fourth-order valence-corrected chi connectivity index (χ4v) is 1.46. The second-order valence-electron chi connectivity index (χ2n) is 3.42. The number of carboxylic acids is 1. The van der Waals surface area contributed by atoms with E-state index in [0.29, 0.717) is 0 Å². The third-order valence-corrected chi connectivity index (χ3v) is 2.41. The van der Waals surface area contributed by atoms with Gasteiger partial charge in [-0.2, -0.15) is 0 Å². The summed E-state index contributed by atoms with van der Waals surface area (Å²) < 4.78 is 1.86. The van der Waals surface area contributed by atoms with E-state index in [1.54, 1.807) is 0 Å². The van der Waals surface area contributed by atoms with E-state index >= 15 is 0 Å². The van der Waals surface area contributed by atoms with Crippen LogP contribution in [0.2, 0.25) is 0 Å². The highest BCUT2D eigenvalue weighted by Gasteiger charge is 2.17. The lowest BCUT2D eigenvalue weighted by Crippen LogP contribution is -2.05. The van der Waals surface area contributed by atoms with Crippen LogP contribution in [-0.2, 0) is 13.5 Å². The molecule has 1 N–H and O–H groups in total. The average Bonchev–Trinajstić information content (AvgIpc) is 2.41. The molecule has 1 heterocycles. The number of carboxylic acid groups (broad SMARTS) is 1. The summed E-state index contributed by atoms with van der Waals surface area (Å²) >= 11 is 0. The maximum absolute atomic E-state index is 10.9. The minimum absolute atomic E-state index is 0.207. The monoisotopic (exact) mass is 196 g/mol. The van der Waals surface area contributed by atoms with Crippen molar-refractivity contribution in [1.29, 1.82) is 0 Å². The number of aromatic carboxylic acids is 1. The van der Waals surface area contributed by atoms with Gasteiger partial charge in [-0.3, -0.25) is 0 Å². The number of aromatic nitrogens is 2. The maximum atomic E-state index is 10.9. The molecule has 4 heteroatoms. The minimum Gasteiger partial charge on any atom is -0.476 e. The number of hydrogen-bond acceptors (Lipinski definition) is 2. The number of unbranched alkanes of at least 4 members (excludes halogenated alkanes) is 1. The van der Waals surface area contributed by atoms with Gasteiger partial charge in [0.15, 0.2) is 5.69 Å². The standard InChI is InChI=1S/C10H16N2O2/c1-4-5-6-8-9(10(13)14)11-7(2)12(8)3/h4-6H2,1-3H3,(H,13,14). The van der Waals surface area contributed by atoms with Crippen LogP contribution >= 0.6 is 0 Å². The van der Waals surface area contributed by atoms with E-state index in [2.05, 4.69) is 11.9 Å². The number of aryl methyl sites for hydroxylation is 1. The normalized spacial score (nSPS) is 10.5. The summed E-state index contributed by atoms with van der Waals surface area (Å²) in [5.41, 5.74) is 1.04. The van der Waals surface area contributed by atoms with Gasteiger partial charge in [0.05, 0.1) is 5.69 Å². The molecule has 0 aliphatic rings. The Bertz CT molecular complexity index is 342. The van der Waals surface area contributed by atoms with E-state index in [0.717, 1.165) is 30.8 Å². The fraction of sp³-hybridized carbons (Fsp3) is 0.600. The minimum atomic E-state index is -0.931.